The monoisotopic (exact) mass is 957 g/mol. The molecule has 66 heavy (non-hydrogen) atoms. The molecule has 0 bridgehead atoms. The van der Waals surface area contributed by atoms with Gasteiger partial charge in [-0.15, -0.1) is 0 Å². The van der Waals surface area contributed by atoms with E-state index in [0.29, 0.717) is 19.3 Å². The molecule has 12 heteroatoms. The van der Waals surface area contributed by atoms with Crippen LogP contribution in [0.25, 0.3) is 0 Å². The molecule has 11 nitrogen and oxygen atoms in total. The lowest BCUT2D eigenvalue weighted by atomic mass is 10.1. The number of aliphatic hydroxyl groups excluding tert-OH is 1. The number of esters is 3. The largest absolute Gasteiger partial charge is 0.472 e. The molecule has 0 rings (SSSR count). The zero-order chi connectivity index (χ0) is 48.4. The number of hydrogen-bond acceptors (Lipinski definition) is 10. The molecular weight excluding hydrogens is 856 g/mol. The molecule has 0 aliphatic rings. The molecule has 0 amide bonds. The smallest absolute Gasteiger partial charge is 0.462 e. The second-order valence-electron chi connectivity index (χ2n) is 18.4. The highest BCUT2D eigenvalue weighted by Gasteiger charge is 2.28. The van der Waals surface area contributed by atoms with Gasteiger partial charge in [0.25, 0.3) is 0 Å². The van der Waals surface area contributed by atoms with Crippen LogP contribution in [-0.4, -0.2) is 66.5 Å². The zero-order valence-electron chi connectivity index (χ0n) is 42.7. The van der Waals surface area contributed by atoms with Crippen molar-refractivity contribution in [3.05, 3.63) is 24.3 Å². The first kappa shape index (κ1) is 64.0. The summed E-state index contributed by atoms with van der Waals surface area (Å²) in [6, 6.07) is 0. The summed E-state index contributed by atoms with van der Waals surface area (Å²) in [5, 5.41) is 9.78. The molecule has 0 heterocycles. The van der Waals surface area contributed by atoms with E-state index in [1.54, 1.807) is 0 Å². The fraction of sp³-hybridized carbons (Fsp3) is 0.870. The lowest BCUT2D eigenvalue weighted by molar-refractivity contribution is -0.161. The van der Waals surface area contributed by atoms with E-state index in [-0.39, 0.29) is 25.9 Å². The normalized spacial score (nSPS) is 13.6. The summed E-state index contributed by atoms with van der Waals surface area (Å²) < 4.78 is 39.4. The number of phosphoric acid groups is 1. The lowest BCUT2D eigenvalue weighted by Crippen LogP contribution is -2.30. The van der Waals surface area contributed by atoms with Gasteiger partial charge in [0.2, 0.25) is 0 Å². The van der Waals surface area contributed by atoms with Gasteiger partial charge in [0.1, 0.15) is 12.7 Å². The molecule has 3 unspecified atom stereocenters. The first-order chi connectivity index (χ1) is 32.2. The van der Waals surface area contributed by atoms with Gasteiger partial charge < -0.3 is 24.2 Å². The van der Waals surface area contributed by atoms with Crippen molar-refractivity contribution in [3.8, 4) is 0 Å². The summed E-state index contributed by atoms with van der Waals surface area (Å²) in [7, 11) is -4.74. The molecule has 388 valence electrons. The zero-order valence-corrected chi connectivity index (χ0v) is 43.6. The van der Waals surface area contributed by atoms with Crippen molar-refractivity contribution in [1.29, 1.82) is 0 Å². The van der Waals surface area contributed by atoms with Crippen molar-refractivity contribution < 1.29 is 52.2 Å². The summed E-state index contributed by atoms with van der Waals surface area (Å²) in [5.74, 6) is -1.47. The number of aliphatic hydroxyl groups is 1. The summed E-state index contributed by atoms with van der Waals surface area (Å²) in [5.41, 5.74) is 0. The van der Waals surface area contributed by atoms with Crippen LogP contribution in [0.3, 0.4) is 0 Å². The molecule has 3 atom stereocenters. The molecule has 0 aliphatic heterocycles. The van der Waals surface area contributed by atoms with E-state index in [1.165, 1.54) is 109 Å². The Hall–Kier alpha value is -2.04. The van der Waals surface area contributed by atoms with E-state index < -0.39 is 57.8 Å². The quantitative estimate of drug-likeness (QED) is 0.0197. The van der Waals surface area contributed by atoms with E-state index in [4.69, 9.17) is 23.3 Å². The number of ether oxygens (including phenoxy) is 3. The Kier molecular flexibility index (Phi) is 47.9. The van der Waals surface area contributed by atoms with Gasteiger partial charge in [0.15, 0.2) is 6.10 Å². The molecule has 0 aromatic carbocycles. The van der Waals surface area contributed by atoms with E-state index in [1.807, 2.05) is 0 Å². The van der Waals surface area contributed by atoms with E-state index in [9.17, 15) is 28.9 Å². The second-order valence-corrected chi connectivity index (χ2v) is 19.8. The van der Waals surface area contributed by atoms with Crippen LogP contribution < -0.4 is 0 Å². The van der Waals surface area contributed by atoms with Crippen LogP contribution in [0.5, 0.6) is 0 Å². The molecular formula is C54H101O11P. The van der Waals surface area contributed by atoms with Gasteiger partial charge >= 0.3 is 25.7 Å². The van der Waals surface area contributed by atoms with Crippen LogP contribution in [0.1, 0.15) is 265 Å². The standard InChI is InChI=1S/C54H101O11P/c1-4-7-10-13-16-19-22-24-25-27-30-33-36-39-42-45-54(58)65-51(47-61-52(56)43-40-37-34-31-28-21-18-15-12-9-6-3)49-63-66(59,60)62-48-50(46-55)64-53(57)44-41-38-35-32-29-26-23-20-17-14-11-8-5-2/h20,23-25,50-51,55H,4-19,21-22,26-49H2,1-3H3,(H,59,60)/b23-20-,25-24-. The topological polar surface area (TPSA) is 155 Å². The number of allylic oxidation sites excluding steroid dienone is 4. The fourth-order valence-corrected chi connectivity index (χ4v) is 8.42. The summed E-state index contributed by atoms with van der Waals surface area (Å²) in [6.45, 7) is 4.62. The van der Waals surface area contributed by atoms with Gasteiger partial charge in [-0.25, -0.2) is 4.57 Å². The lowest BCUT2D eigenvalue weighted by Gasteiger charge is -2.21. The molecule has 0 aliphatic carbocycles. The number of carbonyl (C=O) groups excluding carboxylic acids is 3. The van der Waals surface area contributed by atoms with Gasteiger partial charge in [-0.05, 0) is 70.6 Å². The maximum Gasteiger partial charge on any atom is 0.472 e. The number of unbranched alkanes of at least 4 members (excludes halogenated alkanes) is 30. The summed E-state index contributed by atoms with van der Waals surface area (Å²) in [4.78, 5) is 48.3. The second kappa shape index (κ2) is 49.4. The third-order valence-corrected chi connectivity index (χ3v) is 12.8. The average molecular weight is 957 g/mol. The molecule has 0 aromatic heterocycles. The Morgan fingerprint density at radius 1 is 0.409 bits per heavy atom. The van der Waals surface area contributed by atoms with Crippen LogP contribution in [-0.2, 0) is 42.2 Å². The number of rotatable bonds is 51. The number of phosphoric ester groups is 1. The minimum atomic E-state index is -4.74. The van der Waals surface area contributed by atoms with E-state index in [0.717, 1.165) is 96.3 Å². The first-order valence-corrected chi connectivity index (χ1v) is 28.7. The Balaban J connectivity index is 4.71. The van der Waals surface area contributed by atoms with Crippen LogP contribution >= 0.6 is 7.82 Å². The van der Waals surface area contributed by atoms with Crippen LogP contribution in [0, 0.1) is 0 Å². The number of hydrogen-bond donors (Lipinski definition) is 2. The molecule has 2 N–H and O–H groups in total. The maximum absolute atomic E-state index is 12.8. The van der Waals surface area contributed by atoms with Crippen LogP contribution in [0.15, 0.2) is 24.3 Å². The minimum absolute atomic E-state index is 0.162. The highest BCUT2D eigenvalue weighted by molar-refractivity contribution is 7.47. The van der Waals surface area contributed by atoms with Crippen molar-refractivity contribution in [2.75, 3.05) is 26.4 Å². The van der Waals surface area contributed by atoms with Gasteiger partial charge in [-0.3, -0.25) is 23.4 Å². The predicted octanol–water partition coefficient (Wildman–Crippen LogP) is 15.5. The SMILES string of the molecule is CCCCCC/C=C\CCCCCCCC(=O)OC(CO)COP(=O)(O)OCC(COC(=O)CCCCCCCCCCCCC)OC(=O)CCCCCCC/C=C\CCCCCCCC. The summed E-state index contributed by atoms with van der Waals surface area (Å²) >= 11 is 0. The van der Waals surface area contributed by atoms with Crippen molar-refractivity contribution >= 4 is 25.7 Å². The van der Waals surface area contributed by atoms with Gasteiger partial charge in [0, 0.05) is 19.3 Å². The van der Waals surface area contributed by atoms with Gasteiger partial charge in [-0.1, -0.05) is 199 Å². The highest BCUT2D eigenvalue weighted by Crippen LogP contribution is 2.43. The van der Waals surface area contributed by atoms with E-state index in [2.05, 4.69) is 45.1 Å². The Bertz CT molecular complexity index is 1210. The van der Waals surface area contributed by atoms with Crippen LogP contribution in [0.2, 0.25) is 0 Å². The minimum Gasteiger partial charge on any atom is -0.462 e. The Labute approximate surface area is 404 Å². The molecule has 0 fully saturated rings. The van der Waals surface area contributed by atoms with Gasteiger partial charge in [0.05, 0.1) is 19.8 Å². The first-order valence-electron chi connectivity index (χ1n) is 27.2. The van der Waals surface area contributed by atoms with Crippen molar-refractivity contribution in [2.24, 2.45) is 0 Å². The molecule has 0 saturated heterocycles. The predicted molar refractivity (Wildman–Crippen MR) is 270 cm³/mol. The average Bonchev–Trinajstić information content (AvgIpc) is 3.30. The summed E-state index contributed by atoms with van der Waals surface area (Å²) in [6.07, 6.45) is 47.1. The third-order valence-electron chi connectivity index (χ3n) is 11.8. The molecule has 0 radical (unpaired) electrons. The van der Waals surface area contributed by atoms with Gasteiger partial charge in [-0.2, -0.15) is 0 Å². The van der Waals surface area contributed by atoms with Crippen molar-refractivity contribution in [2.45, 2.75) is 277 Å². The van der Waals surface area contributed by atoms with Crippen molar-refractivity contribution in [3.63, 3.8) is 0 Å². The van der Waals surface area contributed by atoms with Crippen molar-refractivity contribution in [1.82, 2.24) is 0 Å². The Morgan fingerprint density at radius 2 is 0.697 bits per heavy atom. The fourth-order valence-electron chi connectivity index (χ4n) is 7.64. The number of carbonyl (C=O) groups is 3. The van der Waals surface area contributed by atoms with E-state index >= 15 is 0 Å². The van der Waals surface area contributed by atoms with Crippen LogP contribution in [0.4, 0.5) is 0 Å². The Morgan fingerprint density at radius 3 is 1.06 bits per heavy atom. The molecule has 0 saturated carbocycles. The molecule has 0 aromatic rings. The third kappa shape index (κ3) is 47.0. The highest BCUT2D eigenvalue weighted by atomic mass is 31.2. The maximum atomic E-state index is 12.8. The molecule has 0 spiro atoms.